The summed E-state index contributed by atoms with van der Waals surface area (Å²) in [5, 5.41) is 8.94. The summed E-state index contributed by atoms with van der Waals surface area (Å²) in [7, 11) is 1.76. The molecule has 0 spiro atoms. The van der Waals surface area contributed by atoms with E-state index in [9.17, 15) is 0 Å². The molecule has 0 unspecified atom stereocenters. The van der Waals surface area contributed by atoms with Crippen molar-refractivity contribution in [3.63, 3.8) is 0 Å². The van der Waals surface area contributed by atoms with Gasteiger partial charge in [-0.2, -0.15) is 5.26 Å². The number of allylic oxidation sites excluding steroid dienone is 1. The second kappa shape index (κ2) is 9.20. The van der Waals surface area contributed by atoms with Crippen molar-refractivity contribution < 1.29 is 4.74 Å². The van der Waals surface area contributed by atoms with Gasteiger partial charge in [0.1, 0.15) is 0 Å². The van der Waals surface area contributed by atoms with Crippen molar-refractivity contribution in [2.24, 2.45) is 17.8 Å². The second-order valence-electron chi connectivity index (χ2n) is 7.90. The van der Waals surface area contributed by atoms with E-state index >= 15 is 0 Å². The minimum Gasteiger partial charge on any atom is -0.381 e. The van der Waals surface area contributed by atoms with E-state index in [4.69, 9.17) is 10.00 Å². The van der Waals surface area contributed by atoms with Gasteiger partial charge >= 0.3 is 0 Å². The van der Waals surface area contributed by atoms with Gasteiger partial charge in [0.05, 0.1) is 18.2 Å². The number of hydrogen-bond donors (Lipinski definition) is 0. The van der Waals surface area contributed by atoms with Crippen molar-refractivity contribution in [3.8, 4) is 6.07 Å². The molecule has 2 aliphatic rings. The van der Waals surface area contributed by atoms with Crippen LogP contribution in [-0.4, -0.2) is 13.7 Å². The third kappa shape index (κ3) is 4.95. The van der Waals surface area contributed by atoms with Crippen LogP contribution in [0.15, 0.2) is 36.4 Å². The van der Waals surface area contributed by atoms with Crippen LogP contribution >= 0.6 is 0 Å². The predicted molar refractivity (Wildman–Crippen MR) is 102 cm³/mol. The lowest BCUT2D eigenvalue weighted by molar-refractivity contribution is 0.171. The Balaban J connectivity index is 1.44. The zero-order valence-corrected chi connectivity index (χ0v) is 15.5. The molecule has 1 aromatic carbocycles. The van der Waals surface area contributed by atoms with E-state index in [2.05, 4.69) is 30.4 Å². The highest BCUT2D eigenvalue weighted by Gasteiger charge is 2.30. The molecule has 1 aromatic rings. The molecule has 3 rings (SSSR count). The molecule has 0 N–H and O–H groups in total. The van der Waals surface area contributed by atoms with Crippen molar-refractivity contribution in [3.05, 3.63) is 47.5 Å². The van der Waals surface area contributed by atoms with Crippen LogP contribution in [-0.2, 0) is 4.74 Å². The van der Waals surface area contributed by atoms with Crippen LogP contribution in [0.2, 0.25) is 0 Å². The van der Waals surface area contributed by atoms with Gasteiger partial charge in [-0.05, 0) is 92.7 Å². The largest absolute Gasteiger partial charge is 0.381 e. The summed E-state index contributed by atoms with van der Waals surface area (Å²) < 4.78 is 5.11. The Bertz CT molecular complexity index is 582. The summed E-state index contributed by atoms with van der Waals surface area (Å²) in [5.41, 5.74) is 2.21. The molecular formula is C23H31NO. The Labute approximate surface area is 152 Å². The average molecular weight is 338 g/mol. The van der Waals surface area contributed by atoms with Gasteiger partial charge in [0.15, 0.2) is 0 Å². The molecule has 0 amide bonds. The molecule has 0 aliphatic heterocycles. The smallest absolute Gasteiger partial charge is 0.0991 e. The topological polar surface area (TPSA) is 33.0 Å². The number of ether oxygens (including phenoxy) is 1. The van der Waals surface area contributed by atoms with E-state index < -0.39 is 0 Å². The molecule has 0 saturated heterocycles. The van der Waals surface area contributed by atoms with Gasteiger partial charge in [-0.1, -0.05) is 24.3 Å². The van der Waals surface area contributed by atoms with Gasteiger partial charge in [0.2, 0.25) is 0 Å². The molecule has 134 valence electrons. The summed E-state index contributed by atoms with van der Waals surface area (Å²) in [4.78, 5) is 0. The van der Waals surface area contributed by atoms with E-state index in [0.717, 1.165) is 29.9 Å². The Morgan fingerprint density at radius 1 is 0.960 bits per heavy atom. The maximum atomic E-state index is 8.94. The molecule has 0 radical (unpaired) electrons. The minimum atomic E-state index is 0.706. The number of nitrogens with zero attached hydrogens (tertiary/aromatic N) is 1. The lowest BCUT2D eigenvalue weighted by Crippen LogP contribution is -2.25. The molecule has 2 saturated carbocycles. The Morgan fingerprint density at radius 3 is 2.12 bits per heavy atom. The molecule has 2 aliphatic carbocycles. The monoisotopic (exact) mass is 337 g/mol. The Kier molecular flexibility index (Phi) is 6.70. The van der Waals surface area contributed by atoms with E-state index in [1.54, 1.807) is 7.11 Å². The average Bonchev–Trinajstić information content (AvgIpc) is 2.69. The Hall–Kier alpha value is -1.59. The van der Waals surface area contributed by atoms with Crippen molar-refractivity contribution in [1.82, 2.24) is 0 Å². The predicted octanol–water partition coefficient (Wildman–Crippen LogP) is 5.84. The summed E-state index contributed by atoms with van der Waals surface area (Å²) in [6.45, 7) is 0.749. The first-order chi connectivity index (χ1) is 12.3. The maximum absolute atomic E-state index is 8.94. The standard InChI is InChI=1S/C23H31NO/c1-25-16-2-3-18-4-8-20(9-5-18)22-12-14-23(15-13-22)21-10-6-19(17-24)7-11-21/h2-3,6-7,10-11,18,20,22-23H,4-5,8-9,12-16H2,1H3/b3-2+. The Morgan fingerprint density at radius 2 is 1.56 bits per heavy atom. The van der Waals surface area contributed by atoms with Crippen LogP contribution in [0.5, 0.6) is 0 Å². The van der Waals surface area contributed by atoms with Gasteiger partial charge in [-0.15, -0.1) is 0 Å². The van der Waals surface area contributed by atoms with Crippen LogP contribution in [0.1, 0.15) is 68.4 Å². The van der Waals surface area contributed by atoms with Gasteiger partial charge in [-0.25, -0.2) is 0 Å². The van der Waals surface area contributed by atoms with Crippen molar-refractivity contribution in [2.45, 2.75) is 57.3 Å². The molecular weight excluding hydrogens is 306 g/mol. The highest BCUT2D eigenvalue weighted by atomic mass is 16.5. The first-order valence-corrected chi connectivity index (χ1v) is 9.95. The van der Waals surface area contributed by atoms with Gasteiger partial charge in [0, 0.05) is 7.11 Å². The first-order valence-electron chi connectivity index (χ1n) is 9.95. The normalized spacial score (nSPS) is 30.2. The molecule has 0 bridgehead atoms. The van der Waals surface area contributed by atoms with E-state index in [-0.39, 0.29) is 0 Å². The van der Waals surface area contributed by atoms with Crippen LogP contribution in [0, 0.1) is 29.1 Å². The number of methoxy groups -OCH3 is 1. The number of nitriles is 1. The lowest BCUT2D eigenvalue weighted by atomic mass is 9.68. The third-order valence-corrected chi connectivity index (χ3v) is 6.44. The van der Waals surface area contributed by atoms with Gasteiger partial charge in [0.25, 0.3) is 0 Å². The molecule has 2 heteroatoms. The van der Waals surface area contributed by atoms with Crippen LogP contribution in [0.4, 0.5) is 0 Å². The molecule has 2 nitrogen and oxygen atoms in total. The molecule has 0 atom stereocenters. The maximum Gasteiger partial charge on any atom is 0.0991 e. The SMILES string of the molecule is COC/C=C/C1CCC(C2CCC(c3ccc(C#N)cc3)CC2)CC1. The van der Waals surface area contributed by atoms with E-state index in [1.165, 1.54) is 56.9 Å². The fourth-order valence-electron chi connectivity index (χ4n) is 4.91. The number of rotatable bonds is 5. The molecule has 2 fully saturated rings. The highest BCUT2D eigenvalue weighted by Crippen LogP contribution is 2.44. The third-order valence-electron chi connectivity index (χ3n) is 6.44. The number of hydrogen-bond acceptors (Lipinski definition) is 2. The van der Waals surface area contributed by atoms with E-state index in [0.29, 0.717) is 5.92 Å². The van der Waals surface area contributed by atoms with Gasteiger partial charge in [-0.3, -0.25) is 0 Å². The van der Waals surface area contributed by atoms with Crippen LogP contribution in [0.25, 0.3) is 0 Å². The second-order valence-corrected chi connectivity index (χ2v) is 7.90. The zero-order chi connectivity index (χ0) is 17.5. The van der Waals surface area contributed by atoms with Crippen molar-refractivity contribution in [1.29, 1.82) is 5.26 Å². The quantitative estimate of drug-likeness (QED) is 0.632. The fourth-order valence-corrected chi connectivity index (χ4v) is 4.91. The molecule has 0 aromatic heterocycles. The summed E-state index contributed by atoms with van der Waals surface area (Å²) in [6, 6.07) is 10.5. The minimum absolute atomic E-state index is 0.706. The van der Waals surface area contributed by atoms with E-state index in [1.807, 2.05) is 12.1 Å². The fraction of sp³-hybridized carbons (Fsp3) is 0.609. The van der Waals surface area contributed by atoms with Crippen molar-refractivity contribution in [2.75, 3.05) is 13.7 Å². The molecule has 0 heterocycles. The lowest BCUT2D eigenvalue weighted by Gasteiger charge is -2.37. The first kappa shape index (κ1) is 18.2. The highest BCUT2D eigenvalue weighted by molar-refractivity contribution is 5.33. The summed E-state index contributed by atoms with van der Waals surface area (Å²) >= 11 is 0. The number of benzene rings is 1. The van der Waals surface area contributed by atoms with Crippen LogP contribution < -0.4 is 0 Å². The molecule has 25 heavy (non-hydrogen) atoms. The van der Waals surface area contributed by atoms with Crippen LogP contribution in [0.3, 0.4) is 0 Å². The van der Waals surface area contributed by atoms with Gasteiger partial charge < -0.3 is 4.74 Å². The van der Waals surface area contributed by atoms with Crippen molar-refractivity contribution >= 4 is 0 Å². The summed E-state index contributed by atoms with van der Waals surface area (Å²) in [6.07, 6.45) is 15.5. The zero-order valence-electron chi connectivity index (χ0n) is 15.5. The summed E-state index contributed by atoms with van der Waals surface area (Å²) in [5.74, 6) is 3.38.